The first-order valence-electron chi connectivity index (χ1n) is 7.52. The van der Waals surface area contributed by atoms with Crippen molar-refractivity contribution in [3.05, 3.63) is 59.7 Å². The van der Waals surface area contributed by atoms with Crippen molar-refractivity contribution in [2.45, 2.75) is 11.3 Å². The first-order valence-corrected chi connectivity index (χ1v) is 9.42. The fourth-order valence-electron chi connectivity index (χ4n) is 2.06. The Hall–Kier alpha value is -3.18. The monoisotopic (exact) mass is 372 g/mol. The normalized spacial score (nSPS) is 10.6. The van der Waals surface area contributed by atoms with E-state index in [1.807, 2.05) is 6.07 Å². The SMILES string of the molecule is CS(=O)(=O)c1cccc(C(=O)OCC(=O)Nc2ccc(CC#N)cc2)c1. The fourth-order valence-corrected chi connectivity index (χ4v) is 2.73. The molecule has 0 aromatic heterocycles. The lowest BCUT2D eigenvalue weighted by molar-refractivity contribution is -0.119. The molecule has 0 saturated carbocycles. The van der Waals surface area contributed by atoms with Crippen molar-refractivity contribution >= 4 is 27.4 Å². The van der Waals surface area contributed by atoms with Gasteiger partial charge in [0.15, 0.2) is 16.4 Å². The Kier molecular flexibility index (Phi) is 6.09. The Morgan fingerprint density at radius 2 is 1.85 bits per heavy atom. The minimum atomic E-state index is -3.45. The van der Waals surface area contributed by atoms with Gasteiger partial charge in [-0.15, -0.1) is 0 Å². The third-order valence-corrected chi connectivity index (χ3v) is 4.46. The molecule has 2 rings (SSSR count). The number of esters is 1. The molecular weight excluding hydrogens is 356 g/mol. The summed E-state index contributed by atoms with van der Waals surface area (Å²) in [5.41, 5.74) is 1.37. The summed E-state index contributed by atoms with van der Waals surface area (Å²) in [6, 6.07) is 14.1. The van der Waals surface area contributed by atoms with Crippen LogP contribution in [0.5, 0.6) is 0 Å². The molecule has 8 heteroatoms. The number of carbonyl (C=O) groups excluding carboxylic acids is 2. The zero-order valence-electron chi connectivity index (χ0n) is 13.9. The summed E-state index contributed by atoms with van der Waals surface area (Å²) in [6.07, 6.45) is 1.31. The number of amides is 1. The van der Waals surface area contributed by atoms with Crippen LogP contribution in [0.2, 0.25) is 0 Å². The van der Waals surface area contributed by atoms with E-state index in [1.54, 1.807) is 24.3 Å². The van der Waals surface area contributed by atoms with Crippen molar-refractivity contribution < 1.29 is 22.7 Å². The molecule has 0 spiro atoms. The second-order valence-electron chi connectivity index (χ2n) is 5.46. The Bertz CT molecular complexity index is 960. The van der Waals surface area contributed by atoms with Crippen LogP contribution >= 0.6 is 0 Å². The summed E-state index contributed by atoms with van der Waals surface area (Å²) in [4.78, 5) is 23.8. The van der Waals surface area contributed by atoms with Gasteiger partial charge in [-0.3, -0.25) is 4.79 Å². The highest BCUT2D eigenvalue weighted by molar-refractivity contribution is 7.90. The predicted molar refractivity (Wildman–Crippen MR) is 94.2 cm³/mol. The van der Waals surface area contributed by atoms with Crippen LogP contribution in [0.15, 0.2) is 53.4 Å². The molecule has 0 aliphatic rings. The number of rotatable bonds is 6. The number of nitriles is 1. The molecule has 1 N–H and O–H groups in total. The van der Waals surface area contributed by atoms with Crippen LogP contribution < -0.4 is 5.32 Å². The fraction of sp³-hybridized carbons (Fsp3) is 0.167. The van der Waals surface area contributed by atoms with Crippen LogP contribution in [0.1, 0.15) is 15.9 Å². The van der Waals surface area contributed by atoms with E-state index in [4.69, 9.17) is 10.00 Å². The van der Waals surface area contributed by atoms with Gasteiger partial charge in [0, 0.05) is 11.9 Å². The molecule has 0 bridgehead atoms. The molecule has 26 heavy (non-hydrogen) atoms. The molecule has 134 valence electrons. The number of nitrogens with one attached hydrogen (secondary N) is 1. The summed E-state index contributed by atoms with van der Waals surface area (Å²) in [6.45, 7) is -0.512. The molecule has 2 aromatic carbocycles. The Balaban J connectivity index is 1.93. The second-order valence-corrected chi connectivity index (χ2v) is 7.47. The van der Waals surface area contributed by atoms with E-state index in [1.165, 1.54) is 24.3 Å². The van der Waals surface area contributed by atoms with Gasteiger partial charge in [0.05, 0.1) is 22.9 Å². The number of carbonyl (C=O) groups is 2. The summed E-state index contributed by atoms with van der Waals surface area (Å²) in [5.74, 6) is -1.33. The third kappa shape index (κ3) is 5.43. The number of anilines is 1. The molecule has 0 heterocycles. The summed E-state index contributed by atoms with van der Waals surface area (Å²) in [7, 11) is -3.45. The molecule has 0 saturated heterocycles. The third-order valence-electron chi connectivity index (χ3n) is 3.35. The van der Waals surface area contributed by atoms with Crippen LogP contribution in [0, 0.1) is 11.3 Å². The van der Waals surface area contributed by atoms with Crippen molar-refractivity contribution in [2.24, 2.45) is 0 Å². The van der Waals surface area contributed by atoms with Crippen molar-refractivity contribution in [3.8, 4) is 6.07 Å². The van der Waals surface area contributed by atoms with E-state index >= 15 is 0 Å². The lowest BCUT2D eigenvalue weighted by Gasteiger charge is -2.08. The van der Waals surface area contributed by atoms with Gasteiger partial charge in [-0.25, -0.2) is 13.2 Å². The van der Waals surface area contributed by atoms with Crippen LogP contribution in [-0.4, -0.2) is 33.2 Å². The highest BCUT2D eigenvalue weighted by atomic mass is 32.2. The summed E-state index contributed by atoms with van der Waals surface area (Å²) in [5, 5.41) is 11.2. The Labute approximate surface area is 151 Å². The minimum Gasteiger partial charge on any atom is -0.452 e. The minimum absolute atomic E-state index is 0.00568. The van der Waals surface area contributed by atoms with E-state index in [0.717, 1.165) is 11.8 Å². The molecule has 7 nitrogen and oxygen atoms in total. The van der Waals surface area contributed by atoms with E-state index in [0.29, 0.717) is 5.69 Å². The lowest BCUT2D eigenvalue weighted by atomic mass is 10.1. The number of ether oxygens (including phenoxy) is 1. The average molecular weight is 372 g/mol. The van der Waals surface area contributed by atoms with Crippen LogP contribution in [0.25, 0.3) is 0 Å². The standard InChI is InChI=1S/C18H16N2O5S/c1-26(23,24)16-4-2-3-14(11-16)18(22)25-12-17(21)20-15-7-5-13(6-8-15)9-10-19/h2-8,11H,9,12H2,1H3,(H,20,21). The smallest absolute Gasteiger partial charge is 0.338 e. The number of benzene rings is 2. The van der Waals surface area contributed by atoms with Gasteiger partial charge in [0.25, 0.3) is 5.91 Å². The van der Waals surface area contributed by atoms with Gasteiger partial charge in [-0.05, 0) is 35.9 Å². The van der Waals surface area contributed by atoms with E-state index in [2.05, 4.69) is 5.32 Å². The Morgan fingerprint density at radius 1 is 1.15 bits per heavy atom. The molecule has 1 amide bonds. The topological polar surface area (TPSA) is 113 Å². The quantitative estimate of drug-likeness (QED) is 0.776. The lowest BCUT2D eigenvalue weighted by Crippen LogP contribution is -2.21. The molecule has 0 atom stereocenters. The Morgan fingerprint density at radius 3 is 2.46 bits per heavy atom. The molecule has 0 unspecified atom stereocenters. The molecule has 0 radical (unpaired) electrons. The second kappa shape index (κ2) is 8.27. The van der Waals surface area contributed by atoms with E-state index < -0.39 is 28.3 Å². The molecular formula is C18H16N2O5S. The van der Waals surface area contributed by atoms with E-state index in [9.17, 15) is 18.0 Å². The summed E-state index contributed by atoms with van der Waals surface area (Å²) >= 11 is 0. The van der Waals surface area contributed by atoms with Crippen molar-refractivity contribution in [1.29, 1.82) is 5.26 Å². The van der Waals surface area contributed by atoms with Crippen molar-refractivity contribution in [1.82, 2.24) is 0 Å². The number of hydrogen-bond donors (Lipinski definition) is 1. The highest BCUT2D eigenvalue weighted by Gasteiger charge is 2.14. The van der Waals surface area contributed by atoms with Crippen LogP contribution in [0.3, 0.4) is 0 Å². The zero-order valence-corrected chi connectivity index (χ0v) is 14.7. The predicted octanol–water partition coefficient (Wildman–Crippen LogP) is 1.95. The van der Waals surface area contributed by atoms with Gasteiger partial charge in [0.1, 0.15) is 0 Å². The van der Waals surface area contributed by atoms with Gasteiger partial charge in [0.2, 0.25) is 0 Å². The first-order chi connectivity index (χ1) is 12.3. The maximum Gasteiger partial charge on any atom is 0.338 e. The van der Waals surface area contributed by atoms with Gasteiger partial charge in [-0.2, -0.15) is 5.26 Å². The van der Waals surface area contributed by atoms with Crippen molar-refractivity contribution in [3.63, 3.8) is 0 Å². The summed E-state index contributed by atoms with van der Waals surface area (Å²) < 4.78 is 27.9. The molecule has 0 aliphatic carbocycles. The van der Waals surface area contributed by atoms with Gasteiger partial charge < -0.3 is 10.1 Å². The molecule has 2 aromatic rings. The number of sulfone groups is 1. The maximum absolute atomic E-state index is 12.0. The van der Waals surface area contributed by atoms with Crippen LogP contribution in [0.4, 0.5) is 5.69 Å². The highest BCUT2D eigenvalue weighted by Crippen LogP contribution is 2.13. The van der Waals surface area contributed by atoms with E-state index in [-0.39, 0.29) is 16.9 Å². The first kappa shape index (κ1) is 19.1. The number of hydrogen-bond acceptors (Lipinski definition) is 6. The molecule has 0 fully saturated rings. The van der Waals surface area contributed by atoms with Crippen LogP contribution in [-0.2, 0) is 25.8 Å². The zero-order chi connectivity index (χ0) is 19.2. The van der Waals surface area contributed by atoms with Crippen molar-refractivity contribution in [2.75, 3.05) is 18.2 Å². The average Bonchev–Trinajstić information content (AvgIpc) is 2.61. The molecule has 0 aliphatic heterocycles. The number of nitrogens with zero attached hydrogens (tertiary/aromatic N) is 1. The largest absolute Gasteiger partial charge is 0.452 e. The van der Waals surface area contributed by atoms with Gasteiger partial charge >= 0.3 is 5.97 Å². The maximum atomic E-state index is 12.0. The van der Waals surface area contributed by atoms with Gasteiger partial charge in [-0.1, -0.05) is 18.2 Å².